The molecule has 0 aromatic heterocycles. The van der Waals surface area contributed by atoms with Crippen LogP contribution in [0.2, 0.25) is 0 Å². The third-order valence-electron chi connectivity index (χ3n) is 2.16. The molecule has 0 aliphatic heterocycles. The maximum absolute atomic E-state index is 10.8. The molecular formula is C8H19N3O2. The Bertz CT molecular complexity index is 152. The smallest absolute Gasteiger partial charge is 0.233 e. The molecule has 0 fully saturated rings. The van der Waals surface area contributed by atoms with E-state index in [1.165, 1.54) is 0 Å². The highest BCUT2D eigenvalue weighted by atomic mass is 16.3. The SMILES string of the molecule is CC(CCC(=O)NN)N(C)CCO. The number of hydrazine groups is 1. The number of carbonyl (C=O) groups is 1. The van der Waals surface area contributed by atoms with E-state index in [2.05, 4.69) is 5.43 Å². The second kappa shape index (κ2) is 6.82. The Labute approximate surface area is 78.9 Å². The number of aliphatic hydroxyl groups is 1. The van der Waals surface area contributed by atoms with Gasteiger partial charge in [0.25, 0.3) is 0 Å². The lowest BCUT2D eigenvalue weighted by atomic mass is 10.1. The molecule has 0 aliphatic carbocycles. The normalized spacial score (nSPS) is 13.0. The van der Waals surface area contributed by atoms with Gasteiger partial charge >= 0.3 is 0 Å². The number of nitrogens with one attached hydrogen (secondary N) is 1. The van der Waals surface area contributed by atoms with Gasteiger partial charge in [-0.3, -0.25) is 10.2 Å². The summed E-state index contributed by atoms with van der Waals surface area (Å²) in [4.78, 5) is 12.8. The summed E-state index contributed by atoms with van der Waals surface area (Å²) in [5, 5.41) is 8.67. The molecule has 5 heteroatoms. The molecule has 0 saturated heterocycles. The van der Waals surface area contributed by atoms with Crippen molar-refractivity contribution >= 4 is 5.91 Å². The molecule has 0 radical (unpaired) electrons. The molecule has 1 atom stereocenters. The number of aliphatic hydroxyl groups excluding tert-OH is 1. The van der Waals surface area contributed by atoms with Gasteiger partial charge in [0.05, 0.1) is 6.61 Å². The molecule has 5 nitrogen and oxygen atoms in total. The van der Waals surface area contributed by atoms with Crippen molar-refractivity contribution in [2.75, 3.05) is 20.2 Å². The van der Waals surface area contributed by atoms with Crippen LogP contribution < -0.4 is 11.3 Å². The number of carbonyl (C=O) groups excluding carboxylic acids is 1. The minimum Gasteiger partial charge on any atom is -0.395 e. The van der Waals surface area contributed by atoms with Gasteiger partial charge in [-0.15, -0.1) is 0 Å². The quantitative estimate of drug-likeness (QED) is 0.286. The molecule has 0 aromatic carbocycles. The highest BCUT2D eigenvalue weighted by molar-refractivity contribution is 5.75. The number of amides is 1. The first kappa shape index (κ1) is 12.3. The van der Waals surface area contributed by atoms with Gasteiger partial charge in [0.15, 0.2) is 0 Å². The van der Waals surface area contributed by atoms with Gasteiger partial charge in [-0.25, -0.2) is 5.84 Å². The average molecular weight is 189 g/mol. The van der Waals surface area contributed by atoms with E-state index in [0.717, 1.165) is 6.42 Å². The molecule has 0 aromatic rings. The molecule has 0 saturated carbocycles. The third kappa shape index (κ3) is 5.57. The van der Waals surface area contributed by atoms with Gasteiger partial charge in [-0.1, -0.05) is 0 Å². The highest BCUT2D eigenvalue weighted by Crippen LogP contribution is 2.03. The Kier molecular flexibility index (Phi) is 6.48. The molecule has 0 aliphatic rings. The number of rotatable bonds is 6. The van der Waals surface area contributed by atoms with Crippen molar-refractivity contribution in [3.63, 3.8) is 0 Å². The lowest BCUT2D eigenvalue weighted by Crippen LogP contribution is -2.34. The second-order valence-electron chi connectivity index (χ2n) is 3.16. The van der Waals surface area contributed by atoms with Crippen molar-refractivity contribution in [2.24, 2.45) is 5.84 Å². The molecule has 1 amide bonds. The van der Waals surface area contributed by atoms with E-state index in [4.69, 9.17) is 10.9 Å². The molecular weight excluding hydrogens is 170 g/mol. The lowest BCUT2D eigenvalue weighted by Gasteiger charge is -2.23. The molecule has 4 N–H and O–H groups in total. The summed E-state index contributed by atoms with van der Waals surface area (Å²) >= 11 is 0. The van der Waals surface area contributed by atoms with Crippen LogP contribution in [0.5, 0.6) is 0 Å². The zero-order chi connectivity index (χ0) is 10.3. The van der Waals surface area contributed by atoms with Crippen molar-refractivity contribution in [1.29, 1.82) is 0 Å². The van der Waals surface area contributed by atoms with Crippen LogP contribution in [0, 0.1) is 0 Å². The summed E-state index contributed by atoms with van der Waals surface area (Å²) in [7, 11) is 1.92. The van der Waals surface area contributed by atoms with E-state index in [1.807, 2.05) is 18.9 Å². The topological polar surface area (TPSA) is 78.6 Å². The average Bonchev–Trinajstić information content (AvgIpc) is 2.13. The lowest BCUT2D eigenvalue weighted by molar-refractivity contribution is -0.121. The monoisotopic (exact) mass is 189 g/mol. The molecule has 0 rings (SSSR count). The van der Waals surface area contributed by atoms with Crippen LogP contribution in [0.15, 0.2) is 0 Å². The Morgan fingerprint density at radius 1 is 1.69 bits per heavy atom. The maximum atomic E-state index is 10.8. The molecule has 0 bridgehead atoms. The van der Waals surface area contributed by atoms with Crippen molar-refractivity contribution in [1.82, 2.24) is 10.3 Å². The predicted molar refractivity (Wildman–Crippen MR) is 50.7 cm³/mol. The zero-order valence-electron chi connectivity index (χ0n) is 8.29. The van der Waals surface area contributed by atoms with E-state index < -0.39 is 0 Å². The first-order valence-corrected chi connectivity index (χ1v) is 4.42. The molecule has 0 heterocycles. The fourth-order valence-corrected chi connectivity index (χ4v) is 1.01. The number of hydrogen-bond donors (Lipinski definition) is 3. The standard InChI is InChI=1S/C8H19N3O2/c1-7(11(2)5-6-12)3-4-8(13)10-9/h7,12H,3-6,9H2,1-2H3,(H,10,13). The molecule has 78 valence electrons. The van der Waals surface area contributed by atoms with Crippen LogP contribution >= 0.6 is 0 Å². The first-order valence-electron chi connectivity index (χ1n) is 4.42. The van der Waals surface area contributed by atoms with Gasteiger partial charge in [-0.05, 0) is 20.4 Å². The van der Waals surface area contributed by atoms with E-state index in [1.54, 1.807) is 0 Å². The van der Waals surface area contributed by atoms with Crippen molar-refractivity contribution in [3.8, 4) is 0 Å². The van der Waals surface area contributed by atoms with Gasteiger partial charge in [0.2, 0.25) is 5.91 Å². The Hall–Kier alpha value is -0.650. The second-order valence-corrected chi connectivity index (χ2v) is 3.16. The highest BCUT2D eigenvalue weighted by Gasteiger charge is 2.09. The van der Waals surface area contributed by atoms with Crippen molar-refractivity contribution < 1.29 is 9.90 Å². The van der Waals surface area contributed by atoms with Crippen LogP contribution in [0.25, 0.3) is 0 Å². The summed E-state index contributed by atoms with van der Waals surface area (Å²) in [6, 6.07) is 0.282. The van der Waals surface area contributed by atoms with Crippen molar-refractivity contribution in [3.05, 3.63) is 0 Å². The van der Waals surface area contributed by atoms with Crippen LogP contribution in [0.3, 0.4) is 0 Å². The molecule has 13 heavy (non-hydrogen) atoms. The first-order chi connectivity index (χ1) is 6.11. The van der Waals surface area contributed by atoms with E-state index >= 15 is 0 Å². The van der Waals surface area contributed by atoms with Gasteiger partial charge in [0, 0.05) is 19.0 Å². The Morgan fingerprint density at radius 3 is 2.77 bits per heavy atom. The third-order valence-corrected chi connectivity index (χ3v) is 2.16. The van der Waals surface area contributed by atoms with Gasteiger partial charge in [-0.2, -0.15) is 0 Å². The van der Waals surface area contributed by atoms with Gasteiger partial charge < -0.3 is 10.0 Å². The number of nitrogens with two attached hydrogens (primary N) is 1. The zero-order valence-corrected chi connectivity index (χ0v) is 8.29. The van der Waals surface area contributed by atoms with Gasteiger partial charge in [0.1, 0.15) is 0 Å². The summed E-state index contributed by atoms with van der Waals surface area (Å²) in [5.41, 5.74) is 2.08. The molecule has 1 unspecified atom stereocenters. The van der Waals surface area contributed by atoms with Crippen LogP contribution in [0.4, 0.5) is 0 Å². The van der Waals surface area contributed by atoms with Crippen LogP contribution in [-0.2, 0) is 4.79 Å². The predicted octanol–water partition coefficient (Wildman–Crippen LogP) is -0.931. The van der Waals surface area contributed by atoms with Crippen molar-refractivity contribution in [2.45, 2.75) is 25.8 Å². The number of nitrogens with zero attached hydrogens (tertiary/aromatic N) is 1. The van der Waals surface area contributed by atoms with E-state index in [0.29, 0.717) is 13.0 Å². The van der Waals surface area contributed by atoms with E-state index in [9.17, 15) is 4.79 Å². The largest absolute Gasteiger partial charge is 0.395 e. The minimum atomic E-state index is -0.149. The van der Waals surface area contributed by atoms with Crippen LogP contribution in [-0.4, -0.2) is 42.2 Å². The van der Waals surface area contributed by atoms with Crippen LogP contribution in [0.1, 0.15) is 19.8 Å². The Balaban J connectivity index is 3.60. The van der Waals surface area contributed by atoms with E-state index in [-0.39, 0.29) is 18.6 Å². The fraction of sp³-hybridized carbons (Fsp3) is 0.875. The minimum absolute atomic E-state index is 0.143. The fourth-order valence-electron chi connectivity index (χ4n) is 1.01. The summed E-state index contributed by atoms with van der Waals surface area (Å²) in [5.74, 6) is 4.79. The molecule has 0 spiro atoms. The number of hydrogen-bond acceptors (Lipinski definition) is 4. The summed E-state index contributed by atoms with van der Waals surface area (Å²) in [6.45, 7) is 2.79. The maximum Gasteiger partial charge on any atom is 0.233 e. The summed E-state index contributed by atoms with van der Waals surface area (Å²) in [6.07, 6.45) is 1.17. The summed E-state index contributed by atoms with van der Waals surface area (Å²) < 4.78 is 0. The number of likely N-dealkylation sites (N-methyl/N-ethyl adjacent to an activating group) is 1. The Morgan fingerprint density at radius 2 is 2.31 bits per heavy atom.